The Labute approximate surface area is 241 Å². The van der Waals surface area contributed by atoms with Crippen molar-refractivity contribution >= 4 is 60.9 Å². The highest BCUT2D eigenvalue weighted by Gasteiger charge is 2.56. The highest BCUT2D eigenvalue weighted by Crippen LogP contribution is 2.57. The molecule has 0 aromatic heterocycles. The van der Waals surface area contributed by atoms with Crippen molar-refractivity contribution in [2.75, 3.05) is 12.0 Å². The number of halogens is 2. The molecule has 4 unspecified atom stereocenters. The third-order valence-electron chi connectivity index (χ3n) is 8.28. The maximum atomic E-state index is 13.9. The molecule has 1 fully saturated rings. The van der Waals surface area contributed by atoms with Crippen molar-refractivity contribution in [1.29, 1.82) is 0 Å². The number of phenols is 1. The summed E-state index contributed by atoms with van der Waals surface area (Å²) in [6, 6.07) is 10.5. The number of rotatable bonds is 3. The van der Waals surface area contributed by atoms with Gasteiger partial charge in [0.05, 0.1) is 29.1 Å². The van der Waals surface area contributed by atoms with Crippen LogP contribution in [-0.2, 0) is 19.2 Å². The van der Waals surface area contributed by atoms with Crippen LogP contribution >= 0.6 is 31.9 Å². The summed E-state index contributed by atoms with van der Waals surface area (Å²) >= 11 is 7.00. The molecule has 3 aliphatic carbocycles. The van der Waals surface area contributed by atoms with Crippen molar-refractivity contribution in [2.24, 2.45) is 17.8 Å². The van der Waals surface area contributed by atoms with E-state index in [9.17, 15) is 24.3 Å². The number of imide groups is 1. The van der Waals surface area contributed by atoms with Crippen LogP contribution in [0.25, 0.3) is 0 Å². The van der Waals surface area contributed by atoms with Gasteiger partial charge in [-0.25, -0.2) is 0 Å². The molecule has 2 aromatic rings. The zero-order valence-electron chi connectivity index (χ0n) is 21.0. The number of aromatic hydroxyl groups is 1. The number of fused-ring (bicyclic) bond motifs is 3. The second-order valence-electron chi connectivity index (χ2n) is 10.2. The molecule has 2 aromatic carbocycles. The molecule has 198 valence electrons. The third kappa shape index (κ3) is 3.73. The number of amides is 2. The molecule has 1 N–H and O–H groups in total. The van der Waals surface area contributed by atoms with Gasteiger partial charge in [0.1, 0.15) is 0 Å². The maximum Gasteiger partial charge on any atom is 0.238 e. The average Bonchev–Trinajstić information content (AvgIpc) is 3.20. The second-order valence-corrected chi connectivity index (χ2v) is 11.8. The summed E-state index contributed by atoms with van der Waals surface area (Å²) in [4.78, 5) is 55.6. The first kappa shape index (κ1) is 26.0. The Morgan fingerprint density at radius 2 is 1.72 bits per heavy atom. The molecule has 6 rings (SSSR count). The van der Waals surface area contributed by atoms with E-state index >= 15 is 0 Å². The largest absolute Gasteiger partial charge is 0.503 e. The van der Waals surface area contributed by atoms with Crippen LogP contribution < -0.4 is 9.64 Å². The summed E-state index contributed by atoms with van der Waals surface area (Å²) in [5.74, 6) is -3.28. The molecule has 4 aliphatic rings. The first-order chi connectivity index (χ1) is 18.6. The molecule has 0 spiro atoms. The van der Waals surface area contributed by atoms with Gasteiger partial charge in [0.25, 0.3) is 0 Å². The molecular formula is C30H23Br2NO6. The van der Waals surface area contributed by atoms with Gasteiger partial charge in [0, 0.05) is 27.1 Å². The van der Waals surface area contributed by atoms with Gasteiger partial charge < -0.3 is 9.84 Å². The summed E-state index contributed by atoms with van der Waals surface area (Å²) in [5, 5.41) is 10.6. The number of carbonyl (C=O) groups excluding carboxylic acids is 4. The number of hydrogen-bond acceptors (Lipinski definition) is 6. The van der Waals surface area contributed by atoms with Crippen molar-refractivity contribution in [3.8, 4) is 11.5 Å². The lowest BCUT2D eigenvalue weighted by Gasteiger charge is -2.42. The van der Waals surface area contributed by atoms with E-state index in [0.29, 0.717) is 43.3 Å². The molecular weight excluding hydrogens is 630 g/mol. The number of benzene rings is 2. The standard InChI is InChI=1S/C30H23Br2NO6/c1-13-10-20(34)18-11-17-15(8-9-16-23(17)30(38)33(29(16)37)14-6-4-3-5-7-14)22(24(18)27(13)35)19-12-21(39-2)28(36)26(32)25(19)31/h3-8,10,12,16-17,22-23,36H,9,11H2,1-2H3. The lowest BCUT2D eigenvalue weighted by atomic mass is 9.59. The van der Waals surface area contributed by atoms with Crippen LogP contribution in [0, 0.1) is 17.8 Å². The quantitative estimate of drug-likeness (QED) is 0.265. The van der Waals surface area contributed by atoms with E-state index in [2.05, 4.69) is 31.9 Å². The second kappa shape index (κ2) is 9.41. The van der Waals surface area contributed by atoms with E-state index < -0.39 is 23.7 Å². The van der Waals surface area contributed by atoms with E-state index in [4.69, 9.17) is 4.74 Å². The van der Waals surface area contributed by atoms with Gasteiger partial charge in [0.2, 0.25) is 11.8 Å². The number of hydrogen-bond donors (Lipinski definition) is 1. The molecule has 0 saturated carbocycles. The zero-order chi connectivity index (χ0) is 27.7. The van der Waals surface area contributed by atoms with Gasteiger partial charge in [-0.15, -0.1) is 0 Å². The Morgan fingerprint density at radius 3 is 2.41 bits per heavy atom. The third-order valence-corrected chi connectivity index (χ3v) is 10.4. The number of ketones is 2. The van der Waals surface area contributed by atoms with Crippen LogP contribution in [0.15, 0.2) is 79.8 Å². The molecule has 9 heteroatoms. The summed E-state index contributed by atoms with van der Waals surface area (Å²) in [7, 11) is 1.43. The van der Waals surface area contributed by atoms with Crippen molar-refractivity contribution < 1.29 is 29.0 Å². The van der Waals surface area contributed by atoms with E-state index in [1.54, 1.807) is 37.3 Å². The number of nitrogens with zero attached hydrogens (tertiary/aromatic N) is 1. The predicted molar refractivity (Wildman–Crippen MR) is 150 cm³/mol. The first-order valence-electron chi connectivity index (χ1n) is 12.5. The van der Waals surface area contributed by atoms with Gasteiger partial charge >= 0.3 is 0 Å². The monoisotopic (exact) mass is 651 g/mol. The topological polar surface area (TPSA) is 101 Å². The molecule has 1 heterocycles. The van der Waals surface area contributed by atoms with Crippen LogP contribution in [0.5, 0.6) is 11.5 Å². The summed E-state index contributed by atoms with van der Waals surface area (Å²) < 4.78 is 6.27. The summed E-state index contributed by atoms with van der Waals surface area (Å²) in [5.41, 5.74) is 3.05. The van der Waals surface area contributed by atoms with Crippen molar-refractivity contribution in [3.63, 3.8) is 0 Å². The van der Waals surface area contributed by atoms with Crippen molar-refractivity contribution in [2.45, 2.75) is 25.7 Å². The van der Waals surface area contributed by atoms with Crippen LogP contribution in [0.1, 0.15) is 31.2 Å². The fourth-order valence-electron chi connectivity index (χ4n) is 6.53. The Balaban J connectivity index is 1.55. The van der Waals surface area contributed by atoms with Crippen LogP contribution in [0.2, 0.25) is 0 Å². The minimum atomic E-state index is -0.673. The molecule has 2 amide bonds. The molecule has 0 bridgehead atoms. The Hall–Kier alpha value is -3.30. The van der Waals surface area contributed by atoms with Crippen molar-refractivity contribution in [1.82, 2.24) is 0 Å². The van der Waals surface area contributed by atoms with E-state index in [0.717, 1.165) is 5.57 Å². The minimum Gasteiger partial charge on any atom is -0.503 e. The molecule has 0 radical (unpaired) electrons. The predicted octanol–water partition coefficient (Wildman–Crippen LogP) is 5.56. The van der Waals surface area contributed by atoms with Crippen LogP contribution in [0.3, 0.4) is 0 Å². The fourth-order valence-corrected chi connectivity index (χ4v) is 7.48. The zero-order valence-corrected chi connectivity index (χ0v) is 24.2. The Morgan fingerprint density at radius 1 is 1.00 bits per heavy atom. The maximum absolute atomic E-state index is 13.9. The van der Waals surface area contributed by atoms with E-state index in [1.807, 2.05) is 12.1 Å². The average molecular weight is 653 g/mol. The van der Waals surface area contributed by atoms with E-state index in [1.165, 1.54) is 18.1 Å². The molecule has 1 saturated heterocycles. The number of methoxy groups -OCH3 is 1. The molecule has 39 heavy (non-hydrogen) atoms. The highest BCUT2D eigenvalue weighted by molar-refractivity contribution is 9.13. The molecule has 7 nitrogen and oxygen atoms in total. The molecule has 1 aliphatic heterocycles. The van der Waals surface area contributed by atoms with Gasteiger partial charge in [-0.3, -0.25) is 24.1 Å². The first-order valence-corrected chi connectivity index (χ1v) is 14.1. The van der Waals surface area contributed by atoms with Crippen LogP contribution in [0.4, 0.5) is 5.69 Å². The minimum absolute atomic E-state index is 0.107. The number of allylic oxidation sites excluding steroid dienone is 6. The molecule has 4 atom stereocenters. The fraction of sp³-hybridized carbons (Fsp3) is 0.267. The van der Waals surface area contributed by atoms with E-state index in [-0.39, 0.29) is 41.3 Å². The van der Waals surface area contributed by atoms with Crippen LogP contribution in [-0.4, -0.2) is 35.6 Å². The lowest BCUT2D eigenvalue weighted by molar-refractivity contribution is -0.123. The number of para-hydroxylation sites is 1. The Kier molecular flexibility index (Phi) is 6.26. The Bertz CT molecular complexity index is 1590. The normalized spacial score (nSPS) is 26.2. The number of phenolic OH excluding ortho intramolecular Hbond substituents is 1. The number of Topliss-reactive ketones (excluding diaryl/α,β-unsaturated/α-hetero) is 1. The van der Waals surface area contributed by atoms with Crippen molar-refractivity contribution in [3.05, 3.63) is 85.4 Å². The number of ether oxygens (including phenoxy) is 1. The number of anilines is 1. The smallest absolute Gasteiger partial charge is 0.238 e. The lowest BCUT2D eigenvalue weighted by Crippen LogP contribution is -2.40. The number of carbonyl (C=O) groups is 4. The van der Waals surface area contributed by atoms with Gasteiger partial charge in [-0.1, -0.05) is 29.8 Å². The highest BCUT2D eigenvalue weighted by atomic mass is 79.9. The summed E-state index contributed by atoms with van der Waals surface area (Å²) in [6.45, 7) is 1.62. The van der Waals surface area contributed by atoms with Gasteiger partial charge in [0.15, 0.2) is 23.1 Å². The van der Waals surface area contributed by atoms with Gasteiger partial charge in [-0.05, 0) is 87.4 Å². The summed E-state index contributed by atoms with van der Waals surface area (Å²) in [6.07, 6.45) is 3.86. The SMILES string of the molecule is COc1cc(C2C3=CCC4C(=O)N(c5ccccc5)C(=O)C4C3CC3=C2C(=O)C(C)=CC3=O)c(Br)c(Br)c1O. The van der Waals surface area contributed by atoms with Gasteiger partial charge in [-0.2, -0.15) is 0 Å².